The fourth-order valence-electron chi connectivity index (χ4n) is 3.22. The molecular formula is C20H18ClN3OS. The van der Waals surface area contributed by atoms with E-state index in [9.17, 15) is 4.79 Å². The summed E-state index contributed by atoms with van der Waals surface area (Å²) >= 11 is 7.90. The van der Waals surface area contributed by atoms with Crippen LogP contribution in [-0.4, -0.2) is 32.9 Å². The van der Waals surface area contributed by atoms with Crippen LogP contribution in [-0.2, 0) is 0 Å². The van der Waals surface area contributed by atoms with Crippen molar-refractivity contribution in [2.24, 2.45) is 0 Å². The highest BCUT2D eigenvalue weighted by molar-refractivity contribution is 7.99. The van der Waals surface area contributed by atoms with Gasteiger partial charge in [-0.15, -0.1) is 11.8 Å². The minimum Gasteiger partial charge on any atom is -0.322 e. The van der Waals surface area contributed by atoms with Crippen molar-refractivity contribution in [1.82, 2.24) is 14.7 Å². The second-order valence-corrected chi connectivity index (χ2v) is 7.79. The first-order valence-corrected chi connectivity index (χ1v) is 9.86. The Morgan fingerprint density at radius 3 is 2.77 bits per heavy atom. The Balaban J connectivity index is 1.64. The molecule has 1 amide bonds. The predicted molar refractivity (Wildman–Crippen MR) is 106 cm³/mol. The molecule has 4 nitrogen and oxygen atoms in total. The molecule has 0 saturated carbocycles. The number of hydrogen-bond acceptors (Lipinski definition) is 3. The topological polar surface area (TPSA) is 38.1 Å². The van der Waals surface area contributed by atoms with Gasteiger partial charge in [-0.2, -0.15) is 5.10 Å². The summed E-state index contributed by atoms with van der Waals surface area (Å²) in [4.78, 5) is 15.1. The Hall–Kier alpha value is -2.24. The molecule has 26 heavy (non-hydrogen) atoms. The van der Waals surface area contributed by atoms with Gasteiger partial charge in [-0.25, -0.2) is 4.68 Å². The van der Waals surface area contributed by atoms with Gasteiger partial charge in [0.05, 0.1) is 23.1 Å². The van der Waals surface area contributed by atoms with E-state index in [1.807, 2.05) is 71.1 Å². The van der Waals surface area contributed by atoms with E-state index in [4.69, 9.17) is 11.6 Å². The smallest absolute Gasteiger partial charge is 0.258 e. The number of hydrogen-bond donors (Lipinski definition) is 0. The number of aromatic nitrogens is 2. The maximum absolute atomic E-state index is 13.2. The van der Waals surface area contributed by atoms with Crippen LogP contribution < -0.4 is 0 Å². The molecule has 1 fully saturated rings. The van der Waals surface area contributed by atoms with Crippen molar-refractivity contribution in [3.8, 4) is 5.69 Å². The van der Waals surface area contributed by atoms with E-state index in [1.54, 1.807) is 18.0 Å². The number of benzene rings is 2. The molecule has 1 aromatic heterocycles. The predicted octanol–water partition coefficient (Wildman–Crippen LogP) is 4.72. The van der Waals surface area contributed by atoms with Crippen LogP contribution in [0, 0.1) is 6.92 Å². The van der Waals surface area contributed by atoms with Gasteiger partial charge in [0.2, 0.25) is 0 Å². The molecule has 0 spiro atoms. The van der Waals surface area contributed by atoms with Crippen molar-refractivity contribution in [3.63, 3.8) is 0 Å². The minimum absolute atomic E-state index is 0.0133. The number of para-hydroxylation sites is 1. The van der Waals surface area contributed by atoms with E-state index < -0.39 is 0 Å². The third kappa shape index (κ3) is 3.13. The highest BCUT2D eigenvalue weighted by atomic mass is 35.5. The quantitative estimate of drug-likeness (QED) is 0.656. The molecule has 1 saturated heterocycles. The zero-order valence-corrected chi connectivity index (χ0v) is 15.9. The second kappa shape index (κ2) is 7.17. The molecule has 0 radical (unpaired) electrons. The molecular weight excluding hydrogens is 366 g/mol. The van der Waals surface area contributed by atoms with E-state index in [-0.39, 0.29) is 11.3 Å². The average molecular weight is 384 g/mol. The molecule has 0 bridgehead atoms. The lowest BCUT2D eigenvalue weighted by molar-refractivity contribution is 0.0759. The van der Waals surface area contributed by atoms with Crippen molar-refractivity contribution in [2.75, 3.05) is 12.3 Å². The fourth-order valence-corrected chi connectivity index (χ4v) is 4.66. The summed E-state index contributed by atoms with van der Waals surface area (Å²) in [5.74, 6) is 0.925. The summed E-state index contributed by atoms with van der Waals surface area (Å²) < 4.78 is 1.81. The zero-order chi connectivity index (χ0) is 18.1. The standard InChI is InChI=1S/C20H18ClN3OS/c1-14-18(13-22-24(14)17-8-3-2-4-9-17)19(25)23-10-11-26-20(23)15-6-5-7-16(21)12-15/h2-9,12-13,20H,10-11H2,1H3. The molecule has 2 aromatic carbocycles. The second-order valence-electron chi connectivity index (χ2n) is 6.17. The molecule has 1 aliphatic rings. The van der Waals surface area contributed by atoms with E-state index in [0.717, 1.165) is 29.2 Å². The van der Waals surface area contributed by atoms with Gasteiger partial charge in [-0.1, -0.05) is 41.9 Å². The summed E-state index contributed by atoms with van der Waals surface area (Å²) in [5, 5.41) is 5.11. The van der Waals surface area contributed by atoms with Crippen LogP contribution in [0.3, 0.4) is 0 Å². The third-order valence-electron chi connectivity index (χ3n) is 4.53. The number of carbonyl (C=O) groups excluding carboxylic acids is 1. The molecule has 6 heteroatoms. The van der Waals surface area contributed by atoms with Gasteiger partial charge in [0.1, 0.15) is 5.37 Å². The van der Waals surface area contributed by atoms with E-state index in [0.29, 0.717) is 10.6 Å². The lowest BCUT2D eigenvalue weighted by Gasteiger charge is -2.24. The van der Waals surface area contributed by atoms with E-state index in [2.05, 4.69) is 5.10 Å². The Labute approximate surface area is 161 Å². The molecule has 0 N–H and O–H groups in total. The van der Waals surface area contributed by atoms with Crippen LogP contribution in [0.5, 0.6) is 0 Å². The van der Waals surface area contributed by atoms with Gasteiger partial charge in [-0.3, -0.25) is 4.79 Å². The summed E-state index contributed by atoms with van der Waals surface area (Å²) in [6.45, 7) is 2.65. The first-order chi connectivity index (χ1) is 12.6. The van der Waals surface area contributed by atoms with Crippen molar-refractivity contribution < 1.29 is 4.79 Å². The van der Waals surface area contributed by atoms with Crippen molar-refractivity contribution in [3.05, 3.63) is 82.6 Å². The number of carbonyl (C=O) groups is 1. The summed E-state index contributed by atoms with van der Waals surface area (Å²) in [7, 11) is 0. The van der Waals surface area contributed by atoms with Gasteiger partial charge in [0, 0.05) is 17.3 Å². The SMILES string of the molecule is Cc1c(C(=O)N2CCSC2c2cccc(Cl)c2)cnn1-c1ccccc1. The number of amides is 1. The van der Waals surface area contributed by atoms with Crippen LogP contribution in [0.1, 0.15) is 27.0 Å². The van der Waals surface area contributed by atoms with Crippen LogP contribution in [0.4, 0.5) is 0 Å². The summed E-state index contributed by atoms with van der Waals surface area (Å²) in [6, 6.07) is 17.6. The molecule has 2 heterocycles. The van der Waals surface area contributed by atoms with Crippen LogP contribution in [0.2, 0.25) is 5.02 Å². The van der Waals surface area contributed by atoms with Crippen LogP contribution >= 0.6 is 23.4 Å². The first-order valence-electron chi connectivity index (χ1n) is 8.43. The number of rotatable bonds is 3. The van der Waals surface area contributed by atoms with E-state index in [1.165, 1.54) is 0 Å². The normalized spacial score (nSPS) is 16.8. The Bertz CT molecular complexity index is 941. The number of halogens is 1. The maximum Gasteiger partial charge on any atom is 0.258 e. The Kier molecular flexibility index (Phi) is 4.74. The highest BCUT2D eigenvalue weighted by Crippen LogP contribution is 2.39. The summed E-state index contributed by atoms with van der Waals surface area (Å²) in [5.41, 5.74) is 3.50. The highest BCUT2D eigenvalue weighted by Gasteiger charge is 2.33. The van der Waals surface area contributed by atoms with Crippen molar-refractivity contribution in [2.45, 2.75) is 12.3 Å². The molecule has 1 atom stereocenters. The minimum atomic E-state index is -0.0133. The molecule has 3 aromatic rings. The number of nitrogens with zero attached hydrogens (tertiary/aromatic N) is 3. The van der Waals surface area contributed by atoms with E-state index >= 15 is 0 Å². The van der Waals surface area contributed by atoms with Gasteiger partial charge < -0.3 is 4.90 Å². The maximum atomic E-state index is 13.2. The average Bonchev–Trinajstić information content (AvgIpc) is 3.29. The molecule has 0 aliphatic carbocycles. The molecule has 1 aliphatic heterocycles. The largest absolute Gasteiger partial charge is 0.322 e. The van der Waals surface area contributed by atoms with Crippen molar-refractivity contribution in [1.29, 1.82) is 0 Å². The lowest BCUT2D eigenvalue weighted by Crippen LogP contribution is -2.30. The molecule has 4 rings (SSSR count). The lowest BCUT2D eigenvalue weighted by atomic mass is 10.1. The van der Waals surface area contributed by atoms with Crippen LogP contribution in [0.25, 0.3) is 5.69 Å². The Morgan fingerprint density at radius 1 is 1.19 bits per heavy atom. The van der Waals surface area contributed by atoms with Gasteiger partial charge in [0.25, 0.3) is 5.91 Å². The third-order valence-corrected chi connectivity index (χ3v) is 6.02. The van der Waals surface area contributed by atoms with Gasteiger partial charge in [0.15, 0.2) is 0 Å². The zero-order valence-electron chi connectivity index (χ0n) is 14.3. The van der Waals surface area contributed by atoms with Gasteiger partial charge in [-0.05, 0) is 36.8 Å². The van der Waals surface area contributed by atoms with Gasteiger partial charge >= 0.3 is 0 Å². The Morgan fingerprint density at radius 2 is 2.00 bits per heavy atom. The monoisotopic (exact) mass is 383 g/mol. The van der Waals surface area contributed by atoms with Crippen LogP contribution in [0.15, 0.2) is 60.8 Å². The van der Waals surface area contributed by atoms with Crippen molar-refractivity contribution >= 4 is 29.3 Å². The fraction of sp³-hybridized carbons (Fsp3) is 0.200. The first kappa shape index (κ1) is 17.2. The number of thioether (sulfide) groups is 1. The summed E-state index contributed by atoms with van der Waals surface area (Å²) in [6.07, 6.45) is 1.67. The molecule has 1 unspecified atom stereocenters. The molecule has 132 valence electrons.